The quantitative estimate of drug-likeness (QED) is 0.186. The fourth-order valence-corrected chi connectivity index (χ4v) is 5.87. The molecule has 1 aliphatic rings. The lowest BCUT2D eigenvalue weighted by atomic mass is 9.85. The van der Waals surface area contributed by atoms with Crippen molar-refractivity contribution in [3.8, 4) is 5.75 Å². The first kappa shape index (κ1) is 36.8. The molecule has 4 aromatic rings. The number of ether oxygens (including phenoxy) is 2. The molecule has 3 atom stereocenters. The van der Waals surface area contributed by atoms with E-state index in [0.29, 0.717) is 47.5 Å². The average Bonchev–Trinajstić information content (AvgIpc) is 3.75. The number of likely N-dealkylation sites (tertiary alicyclic amines) is 1. The molecule has 0 unspecified atom stereocenters. The maximum atomic E-state index is 14.2. The Kier molecular flexibility index (Phi) is 10.4. The molecule has 3 heterocycles. The molecule has 1 saturated heterocycles. The van der Waals surface area contributed by atoms with E-state index in [1.807, 2.05) is 39.0 Å². The number of hydrogen-bond acceptors (Lipinski definition) is 10. The number of hydrogen-bond donors (Lipinski definition) is 4. The molecule has 1 aliphatic heterocycles. The number of aromatic amines is 1. The van der Waals surface area contributed by atoms with Crippen LogP contribution in [0, 0.1) is 5.41 Å². The monoisotopic (exact) mass is 701 g/mol. The lowest BCUT2D eigenvalue weighted by molar-refractivity contribution is -0.143. The highest BCUT2D eigenvalue weighted by Gasteiger charge is 2.43. The maximum absolute atomic E-state index is 14.2. The zero-order valence-electron chi connectivity index (χ0n) is 30.6. The smallest absolute Gasteiger partial charge is 0.410 e. The second kappa shape index (κ2) is 14.4. The largest absolute Gasteiger partial charge is 0.494 e. The minimum absolute atomic E-state index is 0.338. The van der Waals surface area contributed by atoms with Gasteiger partial charge in [-0.05, 0) is 70.2 Å². The second-order valence-corrected chi connectivity index (χ2v) is 14.8. The molecule has 0 spiro atoms. The number of carbonyl (C=O) groups is 4. The summed E-state index contributed by atoms with van der Waals surface area (Å²) in [6.07, 6.45) is 3.56. The van der Waals surface area contributed by atoms with Crippen LogP contribution in [0.1, 0.15) is 61.3 Å². The van der Waals surface area contributed by atoms with Gasteiger partial charge < -0.3 is 30.3 Å². The molecule has 2 aromatic heterocycles. The average molecular weight is 702 g/mol. The Morgan fingerprint density at radius 1 is 1.06 bits per heavy atom. The van der Waals surface area contributed by atoms with Crippen molar-refractivity contribution < 1.29 is 28.7 Å². The van der Waals surface area contributed by atoms with Crippen molar-refractivity contribution in [1.82, 2.24) is 35.3 Å². The molecule has 51 heavy (non-hydrogen) atoms. The van der Waals surface area contributed by atoms with Gasteiger partial charge in [0.05, 0.1) is 30.0 Å². The number of rotatable bonds is 9. The van der Waals surface area contributed by atoms with Crippen molar-refractivity contribution in [1.29, 1.82) is 0 Å². The highest BCUT2D eigenvalue weighted by atomic mass is 16.6. The van der Waals surface area contributed by atoms with Crippen molar-refractivity contribution in [3.63, 3.8) is 0 Å². The molecule has 0 bridgehead atoms. The van der Waals surface area contributed by atoms with Crippen LogP contribution in [0.3, 0.4) is 0 Å². The Balaban J connectivity index is 1.35. The zero-order chi connectivity index (χ0) is 37.2. The van der Waals surface area contributed by atoms with E-state index in [9.17, 15) is 19.2 Å². The van der Waals surface area contributed by atoms with Crippen LogP contribution in [0.4, 0.5) is 22.0 Å². The molecule has 0 saturated carbocycles. The van der Waals surface area contributed by atoms with Crippen molar-refractivity contribution in [2.45, 2.75) is 85.0 Å². The standard InChI is InChI=1S/C36H47N9O6/c1-20(44(8)34(49)51-36(5,6)7)31(46)42-29(35(2,3)4)33(48)45-14-10-11-27(45)32(47)41-26-16-23-25(17-28(26)50-9)37-19-38-30(23)40-22-12-13-24-21(15-22)18-39-43-24/h12-13,15-20,27,29H,10-11,14H2,1-9H3,(H,39,43)(H,41,47)(H,42,46)(H,37,38,40)/t20-,27-,29+/m0/s1. The summed E-state index contributed by atoms with van der Waals surface area (Å²) in [7, 11) is 2.97. The molecular weight excluding hydrogens is 654 g/mol. The number of amides is 4. The summed E-state index contributed by atoms with van der Waals surface area (Å²) in [6, 6.07) is 6.52. The van der Waals surface area contributed by atoms with Crippen LogP contribution in [-0.2, 0) is 19.1 Å². The number of nitrogens with zero attached hydrogens (tertiary/aromatic N) is 5. The summed E-state index contributed by atoms with van der Waals surface area (Å²) in [5.41, 5.74) is 1.22. The first-order valence-corrected chi connectivity index (χ1v) is 16.9. The summed E-state index contributed by atoms with van der Waals surface area (Å²) in [5, 5.41) is 17.7. The number of aromatic nitrogens is 4. The minimum Gasteiger partial charge on any atom is -0.494 e. The minimum atomic E-state index is -0.977. The van der Waals surface area contributed by atoms with E-state index < -0.39 is 47.0 Å². The van der Waals surface area contributed by atoms with Crippen LogP contribution in [-0.4, -0.2) is 98.2 Å². The zero-order valence-corrected chi connectivity index (χ0v) is 30.6. The number of benzene rings is 2. The van der Waals surface area contributed by atoms with Crippen molar-refractivity contribution in [2.24, 2.45) is 5.41 Å². The van der Waals surface area contributed by atoms with Gasteiger partial charge in [-0.25, -0.2) is 14.8 Å². The number of fused-ring (bicyclic) bond motifs is 2. The highest BCUT2D eigenvalue weighted by molar-refractivity contribution is 6.03. The van der Waals surface area contributed by atoms with Gasteiger partial charge in [0, 0.05) is 36.1 Å². The van der Waals surface area contributed by atoms with Crippen molar-refractivity contribution >= 4 is 62.8 Å². The summed E-state index contributed by atoms with van der Waals surface area (Å²) in [4.78, 5) is 65.7. The van der Waals surface area contributed by atoms with Gasteiger partial charge in [0.15, 0.2) is 0 Å². The van der Waals surface area contributed by atoms with E-state index in [0.717, 1.165) is 16.6 Å². The fraction of sp³-hybridized carbons (Fsp3) is 0.472. The summed E-state index contributed by atoms with van der Waals surface area (Å²) in [6.45, 7) is 12.6. The Hall–Kier alpha value is -5.47. The van der Waals surface area contributed by atoms with Gasteiger partial charge in [0.2, 0.25) is 17.7 Å². The predicted molar refractivity (Wildman–Crippen MR) is 194 cm³/mol. The number of anilines is 3. The molecule has 1 fully saturated rings. The molecule has 15 nitrogen and oxygen atoms in total. The molecule has 4 N–H and O–H groups in total. The molecule has 15 heteroatoms. The van der Waals surface area contributed by atoms with E-state index in [2.05, 4.69) is 36.1 Å². The van der Waals surface area contributed by atoms with E-state index >= 15 is 0 Å². The predicted octanol–water partition coefficient (Wildman–Crippen LogP) is 4.97. The third-order valence-corrected chi connectivity index (χ3v) is 8.80. The topological polar surface area (TPSA) is 184 Å². The van der Waals surface area contributed by atoms with Crippen LogP contribution in [0.2, 0.25) is 0 Å². The van der Waals surface area contributed by atoms with E-state index in [1.165, 1.54) is 30.3 Å². The normalized spacial score (nSPS) is 16.0. The highest BCUT2D eigenvalue weighted by Crippen LogP contribution is 2.34. The first-order valence-electron chi connectivity index (χ1n) is 16.9. The van der Waals surface area contributed by atoms with Crippen molar-refractivity contribution in [3.05, 3.63) is 42.9 Å². The van der Waals surface area contributed by atoms with E-state index in [-0.39, 0.29) is 5.91 Å². The SMILES string of the molecule is COc1cc2ncnc(Nc3ccc4[nH]ncc4c3)c2cc1NC(=O)[C@@H]1CCCN1C(=O)[C@@H](NC(=O)[C@H](C)N(C)C(=O)OC(C)(C)C)C(C)(C)C. The molecule has 0 aliphatic carbocycles. The van der Waals surface area contributed by atoms with Crippen LogP contribution in [0.5, 0.6) is 5.75 Å². The summed E-state index contributed by atoms with van der Waals surface area (Å²) in [5.74, 6) is -0.394. The Bertz CT molecular complexity index is 1950. The Labute approximate surface area is 296 Å². The van der Waals surface area contributed by atoms with Crippen LogP contribution in [0.15, 0.2) is 42.9 Å². The number of nitrogens with one attached hydrogen (secondary N) is 4. The lowest BCUT2D eigenvalue weighted by Gasteiger charge is -2.36. The van der Waals surface area contributed by atoms with Crippen LogP contribution < -0.4 is 20.7 Å². The first-order chi connectivity index (χ1) is 24.0. The summed E-state index contributed by atoms with van der Waals surface area (Å²) < 4.78 is 11.0. The lowest BCUT2D eigenvalue weighted by Crippen LogP contribution is -2.59. The molecule has 2 aromatic carbocycles. The number of likely N-dealkylation sites (N-methyl/N-ethyl adjacent to an activating group) is 1. The summed E-state index contributed by atoms with van der Waals surface area (Å²) >= 11 is 0. The van der Waals surface area contributed by atoms with Gasteiger partial charge in [-0.2, -0.15) is 5.10 Å². The Morgan fingerprint density at radius 2 is 1.80 bits per heavy atom. The van der Waals surface area contributed by atoms with Gasteiger partial charge in [0.25, 0.3) is 0 Å². The van der Waals surface area contributed by atoms with Crippen molar-refractivity contribution in [2.75, 3.05) is 31.3 Å². The van der Waals surface area contributed by atoms with Gasteiger partial charge in [-0.3, -0.25) is 24.4 Å². The molecule has 5 rings (SSSR count). The molecule has 4 amide bonds. The third kappa shape index (κ3) is 8.30. The van der Waals surface area contributed by atoms with E-state index in [4.69, 9.17) is 9.47 Å². The second-order valence-electron chi connectivity index (χ2n) is 14.8. The maximum Gasteiger partial charge on any atom is 0.410 e. The van der Waals surface area contributed by atoms with Crippen LogP contribution >= 0.6 is 0 Å². The third-order valence-electron chi connectivity index (χ3n) is 8.80. The molecule has 0 radical (unpaired) electrons. The fourth-order valence-electron chi connectivity index (χ4n) is 5.87. The molecular formula is C36H47N9O6. The number of carbonyl (C=O) groups excluding carboxylic acids is 4. The molecule has 272 valence electrons. The van der Waals surface area contributed by atoms with Gasteiger partial charge in [-0.15, -0.1) is 0 Å². The van der Waals surface area contributed by atoms with Gasteiger partial charge in [0.1, 0.15) is 41.6 Å². The number of H-pyrrole nitrogens is 1. The van der Waals surface area contributed by atoms with Gasteiger partial charge in [-0.1, -0.05) is 20.8 Å². The van der Waals surface area contributed by atoms with Gasteiger partial charge >= 0.3 is 6.09 Å². The van der Waals surface area contributed by atoms with Crippen LogP contribution in [0.25, 0.3) is 21.8 Å². The number of methoxy groups -OCH3 is 1. The Morgan fingerprint density at radius 3 is 2.49 bits per heavy atom. The van der Waals surface area contributed by atoms with E-state index in [1.54, 1.807) is 46.0 Å².